The molecule has 0 saturated carbocycles. The third-order valence-electron chi connectivity index (χ3n) is 2.41. The van der Waals surface area contributed by atoms with Crippen molar-refractivity contribution in [3.63, 3.8) is 0 Å². The Morgan fingerprint density at radius 3 is 2.59 bits per heavy atom. The van der Waals surface area contributed by atoms with E-state index in [0.29, 0.717) is 32.7 Å². The maximum Gasteiger partial charge on any atom is 0.239 e. The van der Waals surface area contributed by atoms with E-state index in [9.17, 15) is 4.79 Å². The van der Waals surface area contributed by atoms with Gasteiger partial charge >= 0.3 is 0 Å². The molecule has 0 aromatic carbocycles. The molecule has 0 spiro atoms. The van der Waals surface area contributed by atoms with Crippen molar-refractivity contribution in [1.82, 2.24) is 4.90 Å². The van der Waals surface area contributed by atoms with Crippen LogP contribution in [-0.4, -0.2) is 57.4 Å². The standard InChI is InChI=1S/C12H24N2O3/c1-4-7-14(8-10-17-3)12(15)11(13)6-5-9-16-2/h4,11H,1,5-10,13H2,2-3H3. The molecule has 5 nitrogen and oxygen atoms in total. The fourth-order valence-corrected chi connectivity index (χ4v) is 1.45. The summed E-state index contributed by atoms with van der Waals surface area (Å²) in [5, 5.41) is 0. The molecule has 0 heterocycles. The molecule has 0 aromatic rings. The molecule has 0 fully saturated rings. The van der Waals surface area contributed by atoms with E-state index >= 15 is 0 Å². The first-order valence-electron chi connectivity index (χ1n) is 5.80. The van der Waals surface area contributed by atoms with Crippen LogP contribution in [0.1, 0.15) is 12.8 Å². The summed E-state index contributed by atoms with van der Waals surface area (Å²) in [5.74, 6) is -0.0574. The highest BCUT2D eigenvalue weighted by molar-refractivity contribution is 5.81. The molecule has 0 radical (unpaired) electrons. The van der Waals surface area contributed by atoms with Crippen LogP contribution in [0.15, 0.2) is 12.7 Å². The van der Waals surface area contributed by atoms with E-state index in [-0.39, 0.29) is 5.91 Å². The highest BCUT2D eigenvalue weighted by Gasteiger charge is 2.19. The van der Waals surface area contributed by atoms with Crippen LogP contribution in [0.25, 0.3) is 0 Å². The fraction of sp³-hybridized carbons (Fsp3) is 0.750. The van der Waals surface area contributed by atoms with Crippen molar-refractivity contribution in [3.05, 3.63) is 12.7 Å². The highest BCUT2D eigenvalue weighted by Crippen LogP contribution is 2.01. The van der Waals surface area contributed by atoms with Gasteiger partial charge in [-0.15, -0.1) is 6.58 Å². The topological polar surface area (TPSA) is 64.8 Å². The number of nitrogens with zero attached hydrogens (tertiary/aromatic N) is 1. The van der Waals surface area contributed by atoms with E-state index in [1.807, 2.05) is 0 Å². The van der Waals surface area contributed by atoms with Crippen molar-refractivity contribution in [2.24, 2.45) is 5.73 Å². The Morgan fingerprint density at radius 1 is 1.41 bits per heavy atom. The molecule has 0 aliphatic rings. The van der Waals surface area contributed by atoms with Gasteiger partial charge in [0.1, 0.15) is 0 Å². The molecular weight excluding hydrogens is 220 g/mol. The van der Waals surface area contributed by atoms with Crippen molar-refractivity contribution in [2.75, 3.05) is 40.5 Å². The maximum absolute atomic E-state index is 12.0. The molecule has 0 bridgehead atoms. The summed E-state index contributed by atoms with van der Waals surface area (Å²) in [6.07, 6.45) is 3.11. The fourth-order valence-electron chi connectivity index (χ4n) is 1.45. The van der Waals surface area contributed by atoms with Gasteiger partial charge in [-0.05, 0) is 12.8 Å². The average molecular weight is 244 g/mol. The van der Waals surface area contributed by atoms with Crippen molar-refractivity contribution in [3.8, 4) is 0 Å². The molecule has 1 unspecified atom stereocenters. The number of amides is 1. The lowest BCUT2D eigenvalue weighted by atomic mass is 10.1. The predicted octanol–water partition coefficient (Wildman–Crippen LogP) is 0.401. The highest BCUT2D eigenvalue weighted by atomic mass is 16.5. The first-order valence-corrected chi connectivity index (χ1v) is 5.80. The van der Waals surface area contributed by atoms with E-state index in [4.69, 9.17) is 15.2 Å². The zero-order valence-electron chi connectivity index (χ0n) is 10.9. The van der Waals surface area contributed by atoms with E-state index in [1.165, 1.54) is 0 Å². The Bertz CT molecular complexity index is 222. The largest absolute Gasteiger partial charge is 0.385 e. The van der Waals surface area contributed by atoms with Crippen LogP contribution in [0.5, 0.6) is 0 Å². The number of carbonyl (C=O) groups excluding carboxylic acids is 1. The summed E-state index contributed by atoms with van der Waals surface area (Å²) in [5.41, 5.74) is 5.84. The Hall–Kier alpha value is -0.910. The van der Waals surface area contributed by atoms with Crippen LogP contribution in [0.3, 0.4) is 0 Å². The molecule has 0 aliphatic heterocycles. The predicted molar refractivity (Wildman–Crippen MR) is 67.7 cm³/mol. The molecule has 5 heteroatoms. The smallest absolute Gasteiger partial charge is 0.239 e. The molecule has 17 heavy (non-hydrogen) atoms. The van der Waals surface area contributed by atoms with Gasteiger partial charge in [0.05, 0.1) is 12.6 Å². The minimum absolute atomic E-state index is 0.0574. The minimum Gasteiger partial charge on any atom is -0.385 e. The molecule has 0 rings (SSSR count). The molecule has 100 valence electrons. The van der Waals surface area contributed by atoms with Gasteiger partial charge in [-0.2, -0.15) is 0 Å². The normalized spacial score (nSPS) is 12.2. The second-order valence-corrected chi connectivity index (χ2v) is 3.81. The number of nitrogens with two attached hydrogens (primary N) is 1. The quantitative estimate of drug-likeness (QED) is 0.446. The third kappa shape index (κ3) is 7.10. The van der Waals surface area contributed by atoms with E-state index in [0.717, 1.165) is 6.42 Å². The number of hydrogen-bond donors (Lipinski definition) is 1. The number of hydrogen-bond acceptors (Lipinski definition) is 4. The zero-order chi connectivity index (χ0) is 13.1. The lowest BCUT2D eigenvalue weighted by Crippen LogP contribution is -2.45. The third-order valence-corrected chi connectivity index (χ3v) is 2.41. The maximum atomic E-state index is 12.0. The van der Waals surface area contributed by atoms with Crippen molar-refractivity contribution >= 4 is 5.91 Å². The molecular formula is C12H24N2O3. The van der Waals surface area contributed by atoms with E-state index < -0.39 is 6.04 Å². The van der Waals surface area contributed by atoms with Gasteiger partial charge in [0.2, 0.25) is 5.91 Å². The van der Waals surface area contributed by atoms with Gasteiger partial charge in [0, 0.05) is 33.9 Å². The minimum atomic E-state index is -0.470. The second-order valence-electron chi connectivity index (χ2n) is 3.81. The number of carbonyl (C=O) groups is 1. The number of ether oxygens (including phenoxy) is 2. The van der Waals surface area contributed by atoms with Crippen molar-refractivity contribution < 1.29 is 14.3 Å². The first kappa shape index (κ1) is 16.1. The summed E-state index contributed by atoms with van der Waals surface area (Å²) in [4.78, 5) is 13.7. The van der Waals surface area contributed by atoms with Crippen LogP contribution >= 0.6 is 0 Å². The second kappa shape index (κ2) is 10.3. The van der Waals surface area contributed by atoms with Gasteiger partial charge in [-0.1, -0.05) is 6.08 Å². The lowest BCUT2D eigenvalue weighted by molar-refractivity contribution is -0.132. The van der Waals surface area contributed by atoms with Crippen LogP contribution in [0, 0.1) is 0 Å². The Morgan fingerprint density at radius 2 is 2.06 bits per heavy atom. The van der Waals surface area contributed by atoms with E-state index in [2.05, 4.69) is 6.58 Å². The average Bonchev–Trinajstić information content (AvgIpc) is 2.33. The van der Waals surface area contributed by atoms with Gasteiger partial charge in [-0.25, -0.2) is 0 Å². The molecule has 0 aliphatic carbocycles. The molecule has 1 amide bonds. The zero-order valence-corrected chi connectivity index (χ0v) is 10.9. The van der Waals surface area contributed by atoms with Crippen LogP contribution in [0.4, 0.5) is 0 Å². The Kier molecular flexibility index (Phi) is 9.71. The van der Waals surface area contributed by atoms with Crippen LogP contribution < -0.4 is 5.73 Å². The van der Waals surface area contributed by atoms with Crippen LogP contribution in [0.2, 0.25) is 0 Å². The summed E-state index contributed by atoms with van der Waals surface area (Å²) in [6, 6.07) is -0.470. The van der Waals surface area contributed by atoms with Crippen molar-refractivity contribution in [1.29, 1.82) is 0 Å². The van der Waals surface area contributed by atoms with Gasteiger partial charge in [0.15, 0.2) is 0 Å². The summed E-state index contributed by atoms with van der Waals surface area (Å²) >= 11 is 0. The van der Waals surface area contributed by atoms with E-state index in [1.54, 1.807) is 25.2 Å². The van der Waals surface area contributed by atoms with Gasteiger partial charge in [-0.3, -0.25) is 4.79 Å². The Balaban J connectivity index is 4.12. The molecule has 0 aromatic heterocycles. The SMILES string of the molecule is C=CCN(CCOC)C(=O)C(N)CCCOC. The molecule has 1 atom stereocenters. The summed E-state index contributed by atoms with van der Waals surface area (Å²) in [6.45, 7) is 5.80. The summed E-state index contributed by atoms with van der Waals surface area (Å²) < 4.78 is 9.89. The number of rotatable bonds is 10. The lowest BCUT2D eigenvalue weighted by Gasteiger charge is -2.24. The number of methoxy groups -OCH3 is 2. The van der Waals surface area contributed by atoms with Gasteiger partial charge < -0.3 is 20.1 Å². The first-order chi connectivity index (χ1) is 8.17. The molecule has 0 saturated heterocycles. The monoisotopic (exact) mass is 244 g/mol. The van der Waals surface area contributed by atoms with Gasteiger partial charge in [0.25, 0.3) is 0 Å². The summed E-state index contributed by atoms with van der Waals surface area (Å²) in [7, 11) is 3.24. The van der Waals surface area contributed by atoms with Crippen LogP contribution in [-0.2, 0) is 14.3 Å². The molecule has 2 N–H and O–H groups in total. The Labute approximate surface area is 104 Å². The van der Waals surface area contributed by atoms with Crippen molar-refractivity contribution in [2.45, 2.75) is 18.9 Å².